The van der Waals surface area contributed by atoms with E-state index in [4.69, 9.17) is 16.3 Å². The Morgan fingerprint density at radius 2 is 1.72 bits per heavy atom. The van der Waals surface area contributed by atoms with Crippen LogP contribution in [0.15, 0.2) is 59.8 Å². The Morgan fingerprint density at radius 3 is 2.36 bits per heavy atom. The van der Waals surface area contributed by atoms with Gasteiger partial charge in [0, 0.05) is 56.2 Å². The van der Waals surface area contributed by atoms with Gasteiger partial charge in [0.05, 0.1) is 23.5 Å². The lowest BCUT2D eigenvalue weighted by molar-refractivity contribution is 0.0591. The lowest BCUT2D eigenvalue weighted by Crippen LogP contribution is -2.53. The number of benzene rings is 1. The van der Waals surface area contributed by atoms with Crippen LogP contribution >= 0.6 is 11.6 Å². The topological polar surface area (TPSA) is 87.7 Å². The van der Waals surface area contributed by atoms with Crippen molar-refractivity contribution in [3.63, 3.8) is 0 Å². The van der Waals surface area contributed by atoms with E-state index < -0.39 is 10.0 Å². The predicted octanol–water partition coefficient (Wildman–Crippen LogP) is 4.52. The number of piperazine rings is 1. The first-order valence-electron chi connectivity index (χ1n) is 11.8. The van der Waals surface area contributed by atoms with Gasteiger partial charge in [0.2, 0.25) is 5.88 Å². The van der Waals surface area contributed by atoms with Crippen LogP contribution in [0.5, 0.6) is 5.88 Å². The molecule has 36 heavy (non-hydrogen) atoms. The summed E-state index contributed by atoms with van der Waals surface area (Å²) < 4.78 is 33.6. The average Bonchev–Trinajstić information content (AvgIpc) is 2.84. The van der Waals surface area contributed by atoms with E-state index in [0.717, 1.165) is 38.3 Å². The van der Waals surface area contributed by atoms with Crippen molar-refractivity contribution >= 4 is 27.3 Å². The number of nitrogens with one attached hydrogen (secondary N) is 1. The van der Waals surface area contributed by atoms with Crippen molar-refractivity contribution in [2.45, 2.75) is 37.8 Å². The molecule has 0 unspecified atom stereocenters. The molecule has 0 atom stereocenters. The maximum Gasteiger partial charge on any atom is 0.267 e. The van der Waals surface area contributed by atoms with Gasteiger partial charge in [0.1, 0.15) is 0 Å². The highest BCUT2D eigenvalue weighted by atomic mass is 35.5. The molecule has 0 radical (unpaired) electrons. The Balaban J connectivity index is 1.44. The van der Waals surface area contributed by atoms with Gasteiger partial charge in [-0.15, -0.1) is 0 Å². The van der Waals surface area contributed by atoms with Gasteiger partial charge < -0.3 is 4.74 Å². The van der Waals surface area contributed by atoms with E-state index in [1.54, 1.807) is 18.3 Å². The lowest BCUT2D eigenvalue weighted by Gasteiger charge is -2.42. The number of ether oxygens (including phenoxy) is 1. The number of rotatable bonds is 7. The highest BCUT2D eigenvalue weighted by Gasteiger charge is 2.26. The summed E-state index contributed by atoms with van der Waals surface area (Å²) in [6.45, 7) is 11.9. The standard InChI is InChI=1S/C26H32ClN5O3S/c1-26(2,3)32-13-11-31(12-14-32)18-19-5-7-20(8-6-19)23-16-22(9-10-28-23)30-36(33,34)24-15-21(27)17-29-25(24)35-4/h5-10,15-17H,11-14,18H2,1-4H3,(H,28,30). The molecule has 1 aliphatic rings. The molecular weight excluding hydrogens is 498 g/mol. The van der Waals surface area contributed by atoms with E-state index in [1.807, 2.05) is 12.1 Å². The van der Waals surface area contributed by atoms with Gasteiger partial charge in [-0.2, -0.15) is 0 Å². The quantitative estimate of drug-likeness (QED) is 0.481. The van der Waals surface area contributed by atoms with Crippen LogP contribution in [0.2, 0.25) is 5.02 Å². The van der Waals surface area contributed by atoms with Gasteiger partial charge in [-0.3, -0.25) is 19.5 Å². The van der Waals surface area contributed by atoms with Crippen molar-refractivity contribution in [2.75, 3.05) is 38.0 Å². The normalized spacial score (nSPS) is 15.6. The highest BCUT2D eigenvalue weighted by molar-refractivity contribution is 7.92. The summed E-state index contributed by atoms with van der Waals surface area (Å²) in [4.78, 5) is 13.2. The summed E-state index contributed by atoms with van der Waals surface area (Å²) in [7, 11) is -2.62. The number of pyridine rings is 2. The van der Waals surface area contributed by atoms with Crippen molar-refractivity contribution in [1.29, 1.82) is 0 Å². The Kier molecular flexibility index (Phi) is 7.85. The number of nitrogens with zero attached hydrogens (tertiary/aromatic N) is 4. The zero-order valence-electron chi connectivity index (χ0n) is 21.0. The molecule has 0 bridgehead atoms. The summed E-state index contributed by atoms with van der Waals surface area (Å²) in [5.41, 5.74) is 3.39. The molecule has 1 aliphatic heterocycles. The zero-order chi connectivity index (χ0) is 25.9. The minimum Gasteiger partial charge on any atom is -0.480 e. The molecular formula is C26H32ClN5O3S. The van der Waals surface area contributed by atoms with E-state index in [2.05, 4.69) is 57.4 Å². The average molecular weight is 530 g/mol. The van der Waals surface area contributed by atoms with Crippen molar-refractivity contribution in [3.05, 3.63) is 65.4 Å². The van der Waals surface area contributed by atoms with E-state index in [0.29, 0.717) is 11.4 Å². The first kappa shape index (κ1) is 26.3. The molecule has 192 valence electrons. The number of hydrogen-bond acceptors (Lipinski definition) is 7. The second-order valence-corrected chi connectivity index (χ2v) is 11.9. The third-order valence-corrected chi connectivity index (χ3v) is 7.84. The molecule has 3 heterocycles. The number of halogens is 1. The molecule has 8 nitrogen and oxygen atoms in total. The molecule has 1 fully saturated rings. The minimum absolute atomic E-state index is 0.0309. The van der Waals surface area contributed by atoms with Crippen LogP contribution in [0.1, 0.15) is 26.3 Å². The van der Waals surface area contributed by atoms with Gasteiger partial charge in [0.15, 0.2) is 4.90 Å². The molecule has 0 amide bonds. The van der Waals surface area contributed by atoms with Crippen LogP contribution in [0.3, 0.4) is 0 Å². The van der Waals surface area contributed by atoms with Crippen LogP contribution in [-0.4, -0.2) is 67.0 Å². The maximum atomic E-state index is 13.0. The second kappa shape index (κ2) is 10.7. The molecule has 10 heteroatoms. The smallest absolute Gasteiger partial charge is 0.267 e. The first-order valence-corrected chi connectivity index (χ1v) is 13.7. The van der Waals surface area contributed by atoms with Crippen molar-refractivity contribution in [3.8, 4) is 17.1 Å². The van der Waals surface area contributed by atoms with Gasteiger partial charge >= 0.3 is 0 Å². The fourth-order valence-electron chi connectivity index (χ4n) is 4.23. The molecule has 2 aromatic heterocycles. The molecule has 0 spiro atoms. The lowest BCUT2D eigenvalue weighted by atomic mass is 10.0. The Hall–Kier alpha value is -2.72. The van der Waals surface area contributed by atoms with Gasteiger partial charge in [-0.25, -0.2) is 13.4 Å². The van der Waals surface area contributed by atoms with Crippen LogP contribution < -0.4 is 9.46 Å². The molecule has 0 saturated carbocycles. The highest BCUT2D eigenvalue weighted by Crippen LogP contribution is 2.28. The maximum absolute atomic E-state index is 13.0. The van der Waals surface area contributed by atoms with Gasteiger partial charge in [-0.1, -0.05) is 35.9 Å². The summed E-state index contributed by atoms with van der Waals surface area (Å²) >= 11 is 5.96. The number of sulfonamides is 1. The minimum atomic E-state index is -3.97. The monoisotopic (exact) mass is 529 g/mol. The molecule has 3 aromatic rings. The van der Waals surface area contributed by atoms with Gasteiger partial charge in [0.25, 0.3) is 10.0 Å². The third-order valence-electron chi connectivity index (χ3n) is 6.26. The van der Waals surface area contributed by atoms with Crippen molar-refractivity contribution < 1.29 is 13.2 Å². The largest absolute Gasteiger partial charge is 0.480 e. The zero-order valence-corrected chi connectivity index (χ0v) is 22.6. The van der Waals surface area contributed by atoms with Crippen LogP contribution in [0.25, 0.3) is 11.3 Å². The number of anilines is 1. The number of hydrogen-bond donors (Lipinski definition) is 1. The van der Waals surface area contributed by atoms with Crippen molar-refractivity contribution in [2.24, 2.45) is 0 Å². The van der Waals surface area contributed by atoms with Crippen LogP contribution in [-0.2, 0) is 16.6 Å². The first-order chi connectivity index (χ1) is 17.0. The Labute approximate surface area is 218 Å². The predicted molar refractivity (Wildman–Crippen MR) is 143 cm³/mol. The second-order valence-electron chi connectivity index (χ2n) is 9.83. The fourth-order valence-corrected chi connectivity index (χ4v) is 5.65. The summed E-state index contributed by atoms with van der Waals surface area (Å²) in [5, 5.41) is 0.197. The third kappa shape index (κ3) is 6.34. The van der Waals surface area contributed by atoms with E-state index >= 15 is 0 Å². The van der Waals surface area contributed by atoms with Crippen LogP contribution in [0, 0.1) is 0 Å². The molecule has 1 aromatic carbocycles. The molecule has 1 N–H and O–H groups in total. The fraction of sp³-hybridized carbons (Fsp3) is 0.385. The molecule has 4 rings (SSSR count). The SMILES string of the molecule is COc1ncc(Cl)cc1S(=O)(=O)Nc1ccnc(-c2ccc(CN3CCN(C(C)(C)C)CC3)cc2)c1. The van der Waals surface area contributed by atoms with Gasteiger partial charge in [-0.05, 0) is 44.5 Å². The molecule has 1 saturated heterocycles. The van der Waals surface area contributed by atoms with E-state index in [1.165, 1.54) is 24.9 Å². The number of methoxy groups -OCH3 is 1. The summed E-state index contributed by atoms with van der Waals surface area (Å²) in [6, 6.07) is 12.8. The van der Waals surface area contributed by atoms with Crippen LogP contribution in [0.4, 0.5) is 5.69 Å². The summed E-state index contributed by atoms with van der Waals surface area (Å²) in [6.07, 6.45) is 2.91. The Morgan fingerprint density at radius 1 is 1.03 bits per heavy atom. The number of aromatic nitrogens is 2. The Bertz CT molecular complexity index is 1300. The van der Waals surface area contributed by atoms with Crippen molar-refractivity contribution in [1.82, 2.24) is 19.8 Å². The van der Waals surface area contributed by atoms with E-state index in [9.17, 15) is 8.42 Å². The van der Waals surface area contributed by atoms with E-state index in [-0.39, 0.29) is 21.3 Å². The summed E-state index contributed by atoms with van der Waals surface area (Å²) in [5.74, 6) is -0.0309. The molecule has 0 aliphatic carbocycles.